The lowest BCUT2D eigenvalue weighted by Crippen LogP contribution is -2.53. The number of benzene rings is 1. The second-order valence-corrected chi connectivity index (χ2v) is 5.46. The molecule has 20 heavy (non-hydrogen) atoms. The molecule has 2 rings (SSSR count). The lowest BCUT2D eigenvalue weighted by atomic mass is 10.0. The Morgan fingerprint density at radius 3 is 2.75 bits per heavy atom. The number of aryl methyl sites for hydroxylation is 1. The summed E-state index contributed by atoms with van der Waals surface area (Å²) in [5, 5.41) is 14.2. The van der Waals surface area contributed by atoms with Gasteiger partial charge in [0.05, 0.1) is 4.92 Å². The zero-order valence-electron chi connectivity index (χ0n) is 12.1. The fraction of sp³-hybridized carbons (Fsp3) is 0.571. The normalized spacial score (nSPS) is 23.1. The van der Waals surface area contributed by atoms with Gasteiger partial charge in [0, 0.05) is 43.9 Å². The molecule has 1 fully saturated rings. The summed E-state index contributed by atoms with van der Waals surface area (Å²) in [6.45, 7) is 9.20. The molecule has 0 amide bonds. The summed E-state index contributed by atoms with van der Waals surface area (Å²) >= 11 is 0. The van der Waals surface area contributed by atoms with E-state index < -0.39 is 0 Å². The number of rotatable bonds is 3. The van der Waals surface area contributed by atoms with Crippen molar-refractivity contribution in [3.8, 4) is 0 Å². The summed E-state index contributed by atoms with van der Waals surface area (Å²) in [6.07, 6.45) is 0. The van der Waals surface area contributed by atoms with Gasteiger partial charge in [-0.2, -0.15) is 0 Å². The van der Waals surface area contributed by atoms with Crippen molar-refractivity contribution in [1.29, 1.82) is 0 Å². The summed E-state index contributed by atoms with van der Waals surface area (Å²) in [4.78, 5) is 12.8. The number of nitro benzene ring substituents is 1. The number of nitrogens with zero attached hydrogens (tertiary/aromatic N) is 2. The van der Waals surface area contributed by atoms with Gasteiger partial charge >= 0.3 is 0 Å². The molecule has 0 aliphatic carbocycles. The molecule has 0 aromatic heterocycles. The molecule has 112 valence electrons. The van der Waals surface area contributed by atoms with Gasteiger partial charge in [-0.05, 0) is 31.9 Å². The predicted molar refractivity (Wildman–Crippen MR) is 82.4 cm³/mol. The summed E-state index contributed by atoms with van der Waals surface area (Å²) < 4.78 is 0. The van der Waals surface area contributed by atoms with E-state index in [1.54, 1.807) is 12.1 Å². The van der Waals surface area contributed by atoms with Crippen LogP contribution in [0.2, 0.25) is 0 Å². The fourth-order valence-electron chi connectivity index (χ4n) is 2.51. The molecule has 0 bridgehead atoms. The van der Waals surface area contributed by atoms with Crippen molar-refractivity contribution in [1.82, 2.24) is 10.2 Å². The standard InChI is InChI=1S/C14H21N3O2.ClH/c1-10-6-14(17(18)19)5-4-13(10)9-16-8-11(2)15-7-12(16)3;/h4-6,11-12,15H,7-9H2,1-3H3;1H. The number of non-ortho nitro benzene ring substituents is 1. The van der Waals surface area contributed by atoms with Gasteiger partial charge in [-0.15, -0.1) is 12.4 Å². The third kappa shape index (κ3) is 3.91. The van der Waals surface area contributed by atoms with Crippen LogP contribution in [0, 0.1) is 17.0 Å². The minimum atomic E-state index is -0.341. The van der Waals surface area contributed by atoms with Crippen molar-refractivity contribution in [3.63, 3.8) is 0 Å². The molecule has 0 spiro atoms. The Kier molecular flexibility index (Phi) is 5.92. The monoisotopic (exact) mass is 299 g/mol. The van der Waals surface area contributed by atoms with Gasteiger partial charge in [-0.3, -0.25) is 15.0 Å². The van der Waals surface area contributed by atoms with Crippen LogP contribution in [0.1, 0.15) is 25.0 Å². The Morgan fingerprint density at radius 2 is 2.15 bits per heavy atom. The van der Waals surface area contributed by atoms with Gasteiger partial charge in [0.15, 0.2) is 0 Å². The highest BCUT2D eigenvalue weighted by Crippen LogP contribution is 2.20. The van der Waals surface area contributed by atoms with Crippen molar-refractivity contribution in [3.05, 3.63) is 39.4 Å². The average molecular weight is 300 g/mol. The molecule has 5 nitrogen and oxygen atoms in total. The summed E-state index contributed by atoms with van der Waals surface area (Å²) in [6, 6.07) is 6.12. The molecule has 6 heteroatoms. The molecule has 0 radical (unpaired) electrons. The third-order valence-corrected chi connectivity index (χ3v) is 3.80. The first kappa shape index (κ1) is 16.9. The SMILES string of the molecule is Cc1cc([N+](=O)[O-])ccc1CN1CC(C)NCC1C.Cl. The van der Waals surface area contributed by atoms with Crippen LogP contribution in [-0.4, -0.2) is 35.0 Å². The van der Waals surface area contributed by atoms with Gasteiger partial charge in [-0.1, -0.05) is 6.07 Å². The van der Waals surface area contributed by atoms with E-state index in [1.807, 2.05) is 13.0 Å². The maximum atomic E-state index is 10.7. The molecule has 2 unspecified atom stereocenters. The number of piperazine rings is 1. The van der Waals surface area contributed by atoms with Crippen LogP contribution < -0.4 is 5.32 Å². The maximum Gasteiger partial charge on any atom is 0.269 e. The van der Waals surface area contributed by atoms with Crippen LogP contribution in [0.4, 0.5) is 5.69 Å². The van der Waals surface area contributed by atoms with Crippen LogP contribution in [0.15, 0.2) is 18.2 Å². The van der Waals surface area contributed by atoms with E-state index in [9.17, 15) is 10.1 Å². The summed E-state index contributed by atoms with van der Waals surface area (Å²) in [5.41, 5.74) is 2.34. The van der Waals surface area contributed by atoms with E-state index >= 15 is 0 Å². The zero-order valence-corrected chi connectivity index (χ0v) is 12.9. The van der Waals surface area contributed by atoms with Crippen molar-refractivity contribution < 1.29 is 4.92 Å². The number of nitro groups is 1. The molecule has 1 aromatic rings. The molecule has 1 aliphatic rings. The largest absolute Gasteiger partial charge is 0.311 e. The van der Waals surface area contributed by atoms with E-state index in [4.69, 9.17) is 0 Å². The zero-order chi connectivity index (χ0) is 14.0. The first-order valence-corrected chi connectivity index (χ1v) is 6.68. The van der Waals surface area contributed by atoms with Crippen LogP contribution in [0.5, 0.6) is 0 Å². The van der Waals surface area contributed by atoms with Gasteiger partial charge in [0.1, 0.15) is 0 Å². The second kappa shape index (κ2) is 7.02. The topological polar surface area (TPSA) is 58.4 Å². The highest BCUT2D eigenvalue weighted by atomic mass is 35.5. The van der Waals surface area contributed by atoms with Crippen molar-refractivity contribution in [2.75, 3.05) is 13.1 Å². The summed E-state index contributed by atoms with van der Waals surface area (Å²) in [7, 11) is 0. The lowest BCUT2D eigenvalue weighted by Gasteiger charge is -2.37. The molecular weight excluding hydrogens is 278 g/mol. The number of hydrogen-bond donors (Lipinski definition) is 1. The van der Waals surface area contributed by atoms with Crippen molar-refractivity contribution >= 4 is 18.1 Å². The molecular formula is C14H22ClN3O2. The van der Waals surface area contributed by atoms with E-state index in [-0.39, 0.29) is 23.0 Å². The maximum absolute atomic E-state index is 10.7. The van der Waals surface area contributed by atoms with Crippen LogP contribution in [-0.2, 0) is 6.54 Å². The van der Waals surface area contributed by atoms with E-state index in [0.29, 0.717) is 12.1 Å². The predicted octanol–water partition coefficient (Wildman–Crippen LogP) is 2.51. The van der Waals surface area contributed by atoms with Crippen LogP contribution >= 0.6 is 12.4 Å². The van der Waals surface area contributed by atoms with Gasteiger partial charge in [0.2, 0.25) is 0 Å². The molecule has 1 aromatic carbocycles. The fourth-order valence-corrected chi connectivity index (χ4v) is 2.51. The quantitative estimate of drug-likeness (QED) is 0.688. The van der Waals surface area contributed by atoms with Crippen LogP contribution in [0.3, 0.4) is 0 Å². The lowest BCUT2D eigenvalue weighted by molar-refractivity contribution is -0.384. The van der Waals surface area contributed by atoms with Crippen molar-refractivity contribution in [2.24, 2.45) is 0 Å². The van der Waals surface area contributed by atoms with E-state index in [1.165, 1.54) is 5.56 Å². The van der Waals surface area contributed by atoms with Crippen LogP contribution in [0.25, 0.3) is 0 Å². The van der Waals surface area contributed by atoms with Gasteiger partial charge in [-0.25, -0.2) is 0 Å². The molecule has 1 N–H and O–H groups in total. The minimum absolute atomic E-state index is 0. The molecule has 1 saturated heterocycles. The average Bonchev–Trinajstić information content (AvgIpc) is 2.36. The second-order valence-electron chi connectivity index (χ2n) is 5.46. The Bertz CT molecular complexity index is 481. The Morgan fingerprint density at radius 1 is 1.45 bits per heavy atom. The van der Waals surface area contributed by atoms with Crippen molar-refractivity contribution in [2.45, 2.75) is 39.4 Å². The highest BCUT2D eigenvalue weighted by molar-refractivity contribution is 5.85. The van der Waals surface area contributed by atoms with Gasteiger partial charge < -0.3 is 5.32 Å². The molecule has 1 aliphatic heterocycles. The van der Waals surface area contributed by atoms with E-state index in [2.05, 4.69) is 24.1 Å². The Balaban J connectivity index is 0.00000200. The third-order valence-electron chi connectivity index (χ3n) is 3.80. The summed E-state index contributed by atoms with van der Waals surface area (Å²) in [5.74, 6) is 0. The molecule has 2 atom stereocenters. The Hall–Kier alpha value is -1.17. The first-order valence-electron chi connectivity index (χ1n) is 6.68. The smallest absolute Gasteiger partial charge is 0.269 e. The molecule has 0 saturated carbocycles. The highest BCUT2D eigenvalue weighted by Gasteiger charge is 2.22. The number of halogens is 1. The van der Waals surface area contributed by atoms with Gasteiger partial charge in [0.25, 0.3) is 5.69 Å². The minimum Gasteiger partial charge on any atom is -0.311 e. The molecule has 1 heterocycles. The van der Waals surface area contributed by atoms with E-state index in [0.717, 1.165) is 25.2 Å². The Labute approximate surface area is 125 Å². The number of hydrogen-bond acceptors (Lipinski definition) is 4. The number of nitrogens with one attached hydrogen (secondary N) is 1. The first-order chi connectivity index (χ1) is 8.97.